The fraction of sp³-hybridized carbons (Fsp3) is 0.393. The number of Topliss-reactive ketones (excluding diaryl/α,β-unsaturated/α-hetero) is 1. The number of benzene rings is 2. The van der Waals surface area contributed by atoms with Crippen molar-refractivity contribution >= 4 is 61.4 Å². The number of methoxy groups -OCH3 is 1. The van der Waals surface area contributed by atoms with Crippen LogP contribution in [-0.2, 0) is 19.1 Å². The number of hydrogen-bond acceptors (Lipinski definition) is 8. The summed E-state index contributed by atoms with van der Waals surface area (Å²) in [7, 11) is 1.50. The Hall–Kier alpha value is -3.05. The molecule has 3 fully saturated rings. The van der Waals surface area contributed by atoms with Gasteiger partial charge in [0.25, 0.3) is 0 Å². The van der Waals surface area contributed by atoms with Crippen molar-refractivity contribution in [2.24, 2.45) is 23.7 Å². The molecule has 2 aromatic rings. The van der Waals surface area contributed by atoms with E-state index in [-0.39, 0.29) is 69.4 Å². The van der Waals surface area contributed by atoms with E-state index in [0.29, 0.717) is 11.3 Å². The lowest BCUT2D eigenvalue weighted by Gasteiger charge is -2.28. The highest BCUT2D eigenvalue weighted by Gasteiger charge is 2.66. The summed E-state index contributed by atoms with van der Waals surface area (Å²) in [5.74, 6) is -1.85. The van der Waals surface area contributed by atoms with Gasteiger partial charge in [-0.25, -0.2) is 4.79 Å². The van der Waals surface area contributed by atoms with Crippen LogP contribution in [-0.4, -0.2) is 64.4 Å². The molecule has 204 valence electrons. The zero-order valence-electron chi connectivity index (χ0n) is 20.9. The van der Waals surface area contributed by atoms with Crippen molar-refractivity contribution in [2.45, 2.75) is 22.5 Å². The number of hydrogen-bond donors (Lipinski definition) is 0. The number of alkyl halides is 2. The standard InChI is InChI=1S/C28H25Br2NO8/c1-37-17-4-2-3-15(11-17)28(36)39-16-7-5-14(6-8-16)20(32)13-38-21(33)9-10-31-26(34)22-18-12-19(23(22)27(31)35)25(30)24(18)29/h2-8,11,18-19,22-25H,9-10,12-13H2,1H3. The van der Waals surface area contributed by atoms with Crippen LogP contribution in [0.1, 0.15) is 33.6 Å². The molecule has 11 heteroatoms. The number of carbonyl (C=O) groups excluding carboxylic acids is 5. The monoisotopic (exact) mass is 661 g/mol. The number of ether oxygens (including phenoxy) is 3. The van der Waals surface area contributed by atoms with E-state index < -0.39 is 24.3 Å². The van der Waals surface area contributed by atoms with E-state index in [0.717, 1.165) is 6.42 Å². The first-order valence-electron chi connectivity index (χ1n) is 12.5. The second-order valence-electron chi connectivity index (χ2n) is 9.81. The van der Waals surface area contributed by atoms with Gasteiger partial charge in [-0.2, -0.15) is 0 Å². The molecule has 6 unspecified atom stereocenters. The van der Waals surface area contributed by atoms with E-state index in [4.69, 9.17) is 14.2 Å². The van der Waals surface area contributed by atoms with Crippen LogP contribution < -0.4 is 9.47 Å². The molecule has 6 atom stereocenters. The van der Waals surface area contributed by atoms with Gasteiger partial charge in [-0.15, -0.1) is 0 Å². The van der Waals surface area contributed by atoms with Gasteiger partial charge in [-0.3, -0.25) is 24.1 Å². The Morgan fingerprint density at radius 3 is 2.15 bits per heavy atom. The van der Waals surface area contributed by atoms with Crippen molar-refractivity contribution in [1.82, 2.24) is 4.90 Å². The van der Waals surface area contributed by atoms with E-state index >= 15 is 0 Å². The van der Waals surface area contributed by atoms with Gasteiger partial charge in [0.1, 0.15) is 11.5 Å². The third-order valence-corrected chi connectivity index (χ3v) is 10.9. The van der Waals surface area contributed by atoms with Crippen molar-refractivity contribution < 1.29 is 38.2 Å². The largest absolute Gasteiger partial charge is 0.497 e. The predicted octanol–water partition coefficient (Wildman–Crippen LogP) is 3.81. The number of nitrogens with zero attached hydrogens (tertiary/aromatic N) is 1. The van der Waals surface area contributed by atoms with Gasteiger partial charge in [0.15, 0.2) is 12.4 Å². The summed E-state index contributed by atoms with van der Waals surface area (Å²) in [4.78, 5) is 64.4. The lowest BCUT2D eigenvalue weighted by atomic mass is 9.81. The maximum atomic E-state index is 12.9. The van der Waals surface area contributed by atoms with Crippen LogP contribution in [0.3, 0.4) is 0 Å². The predicted molar refractivity (Wildman–Crippen MR) is 145 cm³/mol. The van der Waals surface area contributed by atoms with Crippen molar-refractivity contribution in [3.05, 3.63) is 59.7 Å². The summed E-state index contributed by atoms with van der Waals surface area (Å²) in [6.07, 6.45) is 0.649. The van der Waals surface area contributed by atoms with Gasteiger partial charge >= 0.3 is 11.9 Å². The molecular weight excluding hydrogens is 638 g/mol. The first kappa shape index (κ1) is 27.5. The second-order valence-corrected chi connectivity index (χ2v) is 11.9. The van der Waals surface area contributed by atoms with Crippen molar-refractivity contribution in [1.29, 1.82) is 0 Å². The average molecular weight is 663 g/mol. The van der Waals surface area contributed by atoms with Crippen LogP contribution in [0.15, 0.2) is 48.5 Å². The molecule has 2 amide bonds. The lowest BCUT2D eigenvalue weighted by Crippen LogP contribution is -2.37. The van der Waals surface area contributed by atoms with E-state index in [1.807, 2.05) is 0 Å². The minimum atomic E-state index is -0.676. The number of halogens is 2. The maximum Gasteiger partial charge on any atom is 0.343 e. The number of esters is 2. The zero-order valence-corrected chi connectivity index (χ0v) is 24.1. The Balaban J connectivity index is 1.09. The summed E-state index contributed by atoms with van der Waals surface area (Å²) in [5.41, 5.74) is 0.583. The van der Waals surface area contributed by atoms with Crippen molar-refractivity contribution in [3.8, 4) is 11.5 Å². The summed E-state index contributed by atoms with van der Waals surface area (Å²) >= 11 is 7.30. The Morgan fingerprint density at radius 2 is 1.54 bits per heavy atom. The highest BCUT2D eigenvalue weighted by atomic mass is 79.9. The highest BCUT2D eigenvalue weighted by molar-refractivity contribution is 9.12. The Bertz CT molecular complexity index is 1300. The lowest BCUT2D eigenvalue weighted by molar-refractivity contribution is -0.145. The topological polar surface area (TPSA) is 116 Å². The molecule has 2 bridgehead atoms. The first-order chi connectivity index (χ1) is 18.7. The van der Waals surface area contributed by atoms with Crippen LogP contribution in [0.5, 0.6) is 11.5 Å². The summed E-state index contributed by atoms with van der Waals surface area (Å²) < 4.78 is 15.5. The molecular formula is C28H25Br2NO8. The molecule has 1 aliphatic heterocycles. The Morgan fingerprint density at radius 1 is 0.897 bits per heavy atom. The molecule has 0 aromatic heterocycles. The molecule has 0 spiro atoms. The number of carbonyl (C=O) groups is 5. The molecule has 3 aliphatic rings. The van der Waals surface area contributed by atoms with E-state index in [1.54, 1.807) is 24.3 Å². The minimum Gasteiger partial charge on any atom is -0.497 e. The molecule has 0 N–H and O–H groups in total. The quantitative estimate of drug-likeness (QED) is 0.131. The summed E-state index contributed by atoms with van der Waals surface area (Å²) in [6.45, 7) is -0.556. The molecule has 9 nitrogen and oxygen atoms in total. The molecule has 5 rings (SSSR count). The van der Waals surface area contributed by atoms with Crippen LogP contribution in [0.4, 0.5) is 0 Å². The SMILES string of the molecule is COc1cccc(C(=O)Oc2ccc(C(=O)COC(=O)CCN3C(=O)C4C5CC(C(Br)C5Br)C4C3=O)cc2)c1. The van der Waals surface area contributed by atoms with Crippen LogP contribution in [0.2, 0.25) is 0 Å². The molecule has 2 saturated carbocycles. The fourth-order valence-corrected chi connectivity index (χ4v) is 7.63. The summed E-state index contributed by atoms with van der Waals surface area (Å²) in [6, 6.07) is 12.4. The van der Waals surface area contributed by atoms with Gasteiger partial charge < -0.3 is 14.2 Å². The third kappa shape index (κ3) is 5.26. The van der Waals surface area contributed by atoms with E-state index in [9.17, 15) is 24.0 Å². The molecule has 1 saturated heterocycles. The second kappa shape index (κ2) is 11.2. The molecule has 2 aromatic carbocycles. The minimum absolute atomic E-state index is 0.0651. The molecule has 39 heavy (non-hydrogen) atoms. The van der Waals surface area contributed by atoms with Gasteiger partial charge in [-0.1, -0.05) is 37.9 Å². The van der Waals surface area contributed by atoms with Crippen molar-refractivity contribution in [2.75, 3.05) is 20.3 Å². The van der Waals surface area contributed by atoms with Crippen molar-refractivity contribution in [3.63, 3.8) is 0 Å². The van der Waals surface area contributed by atoms with Gasteiger partial charge in [-0.05, 0) is 60.7 Å². The number of likely N-dealkylation sites (tertiary alicyclic amines) is 1. The number of fused-ring (bicyclic) bond motifs is 5. The first-order valence-corrected chi connectivity index (χ1v) is 14.3. The van der Waals surface area contributed by atoms with Gasteiger partial charge in [0, 0.05) is 21.8 Å². The molecule has 1 heterocycles. The van der Waals surface area contributed by atoms with Crippen LogP contribution in [0.25, 0.3) is 0 Å². The average Bonchev–Trinajstić information content (AvgIpc) is 3.55. The van der Waals surface area contributed by atoms with E-state index in [1.165, 1.54) is 36.3 Å². The summed E-state index contributed by atoms with van der Waals surface area (Å²) in [5, 5.41) is 0. The highest BCUT2D eigenvalue weighted by Crippen LogP contribution is 2.60. The van der Waals surface area contributed by atoms with Crippen LogP contribution in [0, 0.1) is 23.7 Å². The number of ketones is 1. The number of rotatable bonds is 9. The Kier molecular flexibility index (Phi) is 7.91. The normalized spacial score (nSPS) is 26.9. The zero-order chi connectivity index (χ0) is 27.8. The maximum absolute atomic E-state index is 12.9. The van der Waals surface area contributed by atoms with E-state index in [2.05, 4.69) is 31.9 Å². The van der Waals surface area contributed by atoms with Crippen LogP contribution >= 0.6 is 31.9 Å². The number of amides is 2. The molecule has 2 aliphatic carbocycles. The fourth-order valence-electron chi connectivity index (χ4n) is 5.76. The Labute approximate surface area is 241 Å². The molecule has 0 radical (unpaired) electrons. The van der Waals surface area contributed by atoms with Gasteiger partial charge in [0.2, 0.25) is 11.8 Å². The van der Waals surface area contributed by atoms with Gasteiger partial charge in [0.05, 0.1) is 30.9 Å². The smallest absolute Gasteiger partial charge is 0.343 e. The number of imide groups is 1. The third-order valence-electron chi connectivity index (χ3n) is 7.67.